The molecule has 4 aliphatic rings. The molecule has 10 heteroatoms. The Balaban J connectivity index is 1.91. The van der Waals surface area contributed by atoms with Crippen LogP contribution in [-0.2, 0) is 42.9 Å². The summed E-state index contributed by atoms with van der Waals surface area (Å²) in [5.74, 6) is -3.54. The average molecular weight is 563 g/mol. The molecule has 0 aromatic heterocycles. The molecule has 1 aliphatic heterocycles. The van der Waals surface area contributed by atoms with Crippen LogP contribution < -0.4 is 0 Å². The van der Waals surface area contributed by atoms with Crippen molar-refractivity contribution in [3.63, 3.8) is 0 Å². The van der Waals surface area contributed by atoms with E-state index < -0.39 is 71.0 Å². The second-order valence-electron chi connectivity index (χ2n) is 12.6. The van der Waals surface area contributed by atoms with Gasteiger partial charge in [0.1, 0.15) is 24.4 Å². The molecule has 1 saturated heterocycles. The summed E-state index contributed by atoms with van der Waals surface area (Å²) in [6.07, 6.45) is -2.30. The van der Waals surface area contributed by atoms with Crippen LogP contribution in [0.2, 0.25) is 0 Å². The first-order valence-corrected chi connectivity index (χ1v) is 13.9. The maximum absolute atomic E-state index is 14.3. The first kappa shape index (κ1) is 30.4. The van der Waals surface area contributed by atoms with Crippen LogP contribution in [0.25, 0.3) is 0 Å². The smallest absolute Gasteiger partial charge is 0.336 e. The van der Waals surface area contributed by atoms with Gasteiger partial charge in [0.25, 0.3) is 0 Å². The van der Waals surface area contributed by atoms with E-state index in [9.17, 15) is 24.3 Å². The van der Waals surface area contributed by atoms with Gasteiger partial charge in [-0.15, -0.1) is 0 Å². The Kier molecular flexibility index (Phi) is 7.65. The highest BCUT2D eigenvalue weighted by atomic mass is 16.7. The molecule has 11 atom stereocenters. The third-order valence-electron chi connectivity index (χ3n) is 9.55. The lowest BCUT2D eigenvalue weighted by Gasteiger charge is -2.30. The van der Waals surface area contributed by atoms with E-state index in [2.05, 4.69) is 6.58 Å². The molecule has 0 spiro atoms. The van der Waals surface area contributed by atoms with Crippen molar-refractivity contribution in [1.82, 2.24) is 0 Å². The van der Waals surface area contributed by atoms with E-state index in [1.54, 1.807) is 19.9 Å². The molecule has 3 fully saturated rings. The van der Waals surface area contributed by atoms with Crippen molar-refractivity contribution in [3.8, 4) is 0 Å². The highest BCUT2D eigenvalue weighted by Gasteiger charge is 2.84. The summed E-state index contributed by atoms with van der Waals surface area (Å²) in [5.41, 5.74) is -2.61. The number of esters is 3. The molecule has 3 aliphatic carbocycles. The zero-order valence-corrected chi connectivity index (χ0v) is 24.8. The van der Waals surface area contributed by atoms with Gasteiger partial charge in [0.2, 0.25) is 0 Å². The highest BCUT2D eigenvalue weighted by molar-refractivity contribution is 5.96. The Morgan fingerprint density at radius 2 is 1.65 bits per heavy atom. The molecule has 0 radical (unpaired) electrons. The molecule has 0 amide bonds. The van der Waals surface area contributed by atoms with E-state index in [4.69, 9.17) is 23.7 Å². The minimum absolute atomic E-state index is 0.118. The topological polar surface area (TPSA) is 138 Å². The van der Waals surface area contributed by atoms with Crippen LogP contribution in [0.3, 0.4) is 0 Å². The number of carbonyl (C=O) groups excluding carboxylic acids is 4. The Labute approximate surface area is 235 Å². The number of aliphatic hydroxyl groups is 1. The van der Waals surface area contributed by atoms with E-state index in [1.165, 1.54) is 27.9 Å². The molecule has 0 bridgehead atoms. The van der Waals surface area contributed by atoms with Crippen LogP contribution in [0, 0.1) is 29.1 Å². The minimum Gasteiger partial charge on any atom is -0.461 e. The Hall–Kier alpha value is -2.56. The molecular formula is C30H42O10. The van der Waals surface area contributed by atoms with Gasteiger partial charge in [0, 0.05) is 32.8 Å². The predicted molar refractivity (Wildman–Crippen MR) is 142 cm³/mol. The summed E-state index contributed by atoms with van der Waals surface area (Å²) < 4.78 is 29.9. The second-order valence-corrected chi connectivity index (χ2v) is 12.6. The fourth-order valence-corrected chi connectivity index (χ4v) is 7.52. The quantitative estimate of drug-likeness (QED) is 0.169. The number of aliphatic hydroxyl groups excluding tert-OH is 1. The molecule has 1 unspecified atom stereocenters. The van der Waals surface area contributed by atoms with Crippen molar-refractivity contribution < 1.29 is 48.0 Å². The molecule has 0 aromatic rings. The largest absolute Gasteiger partial charge is 0.461 e. The molecular weight excluding hydrogens is 520 g/mol. The summed E-state index contributed by atoms with van der Waals surface area (Å²) in [7, 11) is 1.51. The third kappa shape index (κ3) is 4.52. The number of Topliss-reactive ketones (excluding diaryl/α,β-unsaturated/α-hetero) is 1. The zero-order valence-electron chi connectivity index (χ0n) is 24.8. The summed E-state index contributed by atoms with van der Waals surface area (Å²) in [4.78, 5) is 51.8. The fourth-order valence-electron chi connectivity index (χ4n) is 7.52. The number of fused-ring (bicyclic) bond motifs is 1. The first-order valence-electron chi connectivity index (χ1n) is 13.9. The van der Waals surface area contributed by atoms with Crippen molar-refractivity contribution in [3.05, 3.63) is 23.8 Å². The van der Waals surface area contributed by atoms with E-state index in [-0.39, 0.29) is 29.1 Å². The van der Waals surface area contributed by atoms with Gasteiger partial charge in [-0.2, -0.15) is 0 Å². The first-order chi connectivity index (χ1) is 18.5. The Bertz CT molecular complexity index is 1150. The molecule has 0 aromatic carbocycles. The molecule has 4 rings (SSSR count). The number of hydrogen-bond donors (Lipinski definition) is 1. The number of methoxy groups -OCH3 is 1. The maximum atomic E-state index is 14.3. The molecule has 40 heavy (non-hydrogen) atoms. The summed E-state index contributed by atoms with van der Waals surface area (Å²) >= 11 is 0. The van der Waals surface area contributed by atoms with Crippen LogP contribution in [-0.4, -0.2) is 77.6 Å². The lowest BCUT2D eigenvalue weighted by atomic mass is 9.80. The van der Waals surface area contributed by atoms with Crippen molar-refractivity contribution in [2.45, 2.75) is 104 Å². The Morgan fingerprint density at radius 3 is 2.17 bits per heavy atom. The van der Waals surface area contributed by atoms with Crippen molar-refractivity contribution in [2.24, 2.45) is 29.1 Å². The number of hydrogen-bond acceptors (Lipinski definition) is 10. The van der Waals surface area contributed by atoms with E-state index in [0.29, 0.717) is 12.0 Å². The van der Waals surface area contributed by atoms with Gasteiger partial charge in [-0.25, -0.2) is 4.79 Å². The Morgan fingerprint density at radius 1 is 1.07 bits per heavy atom. The van der Waals surface area contributed by atoms with E-state index >= 15 is 0 Å². The maximum Gasteiger partial charge on any atom is 0.336 e. The van der Waals surface area contributed by atoms with Gasteiger partial charge in [0.05, 0.1) is 17.6 Å². The van der Waals surface area contributed by atoms with E-state index in [0.717, 1.165) is 0 Å². The monoisotopic (exact) mass is 562 g/mol. The zero-order chi connectivity index (χ0) is 30.1. The number of epoxide rings is 1. The standard InChI is InChI=1S/C30H42O10/c1-13-11-30-26(38-19(7)33)14(2)12-29(30,40-30)25(34)16(4)23(37-18(6)32)20-21(28(20,8)9)24(36-10)22(13)39-27(35)15(3)17(5)31/h11,14,16-17,20-24,26,31H,3,12H2,1-2,4-10H3/b13-11+/t14-,16+,17?,20-,21+,22+,23-,24+,26-,29-,30-/m0/s1. The van der Waals surface area contributed by atoms with Gasteiger partial charge >= 0.3 is 17.9 Å². The minimum atomic E-state index is -1.30. The fraction of sp³-hybridized carbons (Fsp3) is 0.733. The van der Waals surface area contributed by atoms with Crippen LogP contribution in [0.15, 0.2) is 23.8 Å². The predicted octanol–water partition coefficient (Wildman–Crippen LogP) is 2.70. The average Bonchev–Trinajstić information content (AvgIpc) is 3.64. The SMILES string of the molecule is C=C(C(=O)O[C@@H]1/C(C)=C/[C@@]23O[C@@]2(C[C@H](C)[C@@H]3OC(C)=O)C(=O)[C@H](C)[C@H](OC(C)=O)[C@@H]2[C@H]([C@H]1OC)C2(C)C)C(C)O. The summed E-state index contributed by atoms with van der Waals surface area (Å²) in [6.45, 7) is 17.1. The van der Waals surface area contributed by atoms with Crippen molar-refractivity contribution in [1.29, 1.82) is 0 Å². The third-order valence-corrected chi connectivity index (χ3v) is 9.55. The van der Waals surface area contributed by atoms with E-state index in [1.807, 2.05) is 20.8 Å². The molecule has 222 valence electrons. The van der Waals surface area contributed by atoms with Gasteiger partial charge in [-0.1, -0.05) is 34.3 Å². The molecule has 1 N–H and O–H groups in total. The lowest BCUT2D eigenvalue weighted by molar-refractivity contribution is -0.154. The number of ether oxygens (including phenoxy) is 5. The van der Waals surface area contributed by atoms with Gasteiger partial charge in [-0.3, -0.25) is 14.4 Å². The number of ketones is 1. The van der Waals surface area contributed by atoms with Crippen molar-refractivity contribution in [2.75, 3.05) is 7.11 Å². The highest BCUT2D eigenvalue weighted by Crippen LogP contribution is 2.68. The molecule has 1 heterocycles. The molecule has 10 nitrogen and oxygen atoms in total. The van der Waals surface area contributed by atoms with Crippen LogP contribution in [0.1, 0.15) is 61.8 Å². The summed E-state index contributed by atoms with van der Waals surface area (Å²) in [5, 5.41) is 9.97. The second kappa shape index (κ2) is 10.1. The summed E-state index contributed by atoms with van der Waals surface area (Å²) in [6, 6.07) is 0. The number of carbonyl (C=O) groups is 4. The number of rotatable bonds is 6. The normalized spacial score (nSPS) is 43.4. The van der Waals surface area contributed by atoms with Gasteiger partial charge in [-0.05, 0) is 43.3 Å². The molecule has 2 saturated carbocycles. The van der Waals surface area contributed by atoms with Crippen LogP contribution >= 0.6 is 0 Å². The van der Waals surface area contributed by atoms with Gasteiger partial charge < -0.3 is 28.8 Å². The van der Waals surface area contributed by atoms with Crippen molar-refractivity contribution >= 4 is 23.7 Å². The van der Waals surface area contributed by atoms with Gasteiger partial charge in [0.15, 0.2) is 17.0 Å². The van der Waals surface area contributed by atoms with Crippen LogP contribution in [0.4, 0.5) is 0 Å². The van der Waals surface area contributed by atoms with Crippen LogP contribution in [0.5, 0.6) is 0 Å². The lowest BCUT2D eigenvalue weighted by Crippen LogP contribution is -2.43.